The van der Waals surface area contributed by atoms with Crippen LogP contribution in [0.5, 0.6) is 5.75 Å². The van der Waals surface area contributed by atoms with E-state index in [0.717, 1.165) is 60.6 Å². The van der Waals surface area contributed by atoms with Gasteiger partial charge in [0.2, 0.25) is 0 Å². The van der Waals surface area contributed by atoms with Crippen LogP contribution in [-0.4, -0.2) is 55.3 Å². The van der Waals surface area contributed by atoms with Crippen molar-refractivity contribution in [1.82, 2.24) is 9.88 Å². The number of anilines is 1. The normalized spacial score (nSPS) is 15.4. The zero-order valence-corrected chi connectivity index (χ0v) is 17.5. The molecule has 166 valence electrons. The monoisotopic (exact) mass is 441 g/mol. The Bertz CT molecular complexity index is 1140. The lowest BCUT2D eigenvalue weighted by Crippen LogP contribution is -2.45. The second kappa shape index (κ2) is 9.00. The highest BCUT2D eigenvalue weighted by Gasteiger charge is 2.31. The van der Waals surface area contributed by atoms with Crippen LogP contribution >= 0.6 is 0 Å². The number of carbonyl (C=O) groups is 1. The van der Waals surface area contributed by atoms with Crippen molar-refractivity contribution in [2.45, 2.75) is 6.36 Å². The van der Waals surface area contributed by atoms with E-state index in [1.165, 1.54) is 18.2 Å². The number of nitrogens with zero attached hydrogens (tertiary/aromatic N) is 3. The molecule has 2 aromatic carbocycles. The molecule has 0 radical (unpaired) electrons. The fourth-order valence-corrected chi connectivity index (χ4v) is 3.60. The molecule has 1 aromatic heterocycles. The number of hydrogen-bond acceptors (Lipinski definition) is 5. The Morgan fingerprint density at radius 1 is 1.03 bits per heavy atom. The summed E-state index contributed by atoms with van der Waals surface area (Å²) in [7, 11) is 2.08. The summed E-state index contributed by atoms with van der Waals surface area (Å²) in [6.07, 6.45) is -1.63. The molecule has 2 heterocycles. The number of carbonyl (C=O) groups excluding carboxylic acids is 1. The quantitative estimate of drug-likeness (QED) is 0.421. The molecule has 32 heavy (non-hydrogen) atoms. The average Bonchev–Trinajstić information content (AvgIpc) is 2.77. The number of rotatable bonds is 5. The van der Waals surface area contributed by atoms with Gasteiger partial charge >= 0.3 is 6.36 Å². The van der Waals surface area contributed by atoms with Gasteiger partial charge in [-0.3, -0.25) is 4.79 Å². The predicted molar refractivity (Wildman–Crippen MR) is 118 cm³/mol. The van der Waals surface area contributed by atoms with E-state index in [0.29, 0.717) is 0 Å². The number of ether oxygens (including phenoxy) is 1. The van der Waals surface area contributed by atoms with E-state index in [-0.39, 0.29) is 17.1 Å². The zero-order valence-electron chi connectivity index (χ0n) is 17.5. The van der Waals surface area contributed by atoms with Gasteiger partial charge in [0.25, 0.3) is 0 Å². The summed E-state index contributed by atoms with van der Waals surface area (Å²) in [4.78, 5) is 21.9. The summed E-state index contributed by atoms with van der Waals surface area (Å²) >= 11 is 0. The molecule has 0 saturated carbocycles. The van der Waals surface area contributed by atoms with Crippen molar-refractivity contribution < 1.29 is 22.7 Å². The second-order valence-corrected chi connectivity index (χ2v) is 7.65. The maximum absolute atomic E-state index is 12.6. The molecule has 0 aliphatic carbocycles. The highest BCUT2D eigenvalue weighted by molar-refractivity contribution is 6.07. The van der Waals surface area contributed by atoms with Gasteiger partial charge in [0.05, 0.1) is 5.52 Å². The van der Waals surface area contributed by atoms with Crippen LogP contribution in [0, 0.1) is 0 Å². The van der Waals surface area contributed by atoms with Crippen molar-refractivity contribution >= 4 is 28.6 Å². The van der Waals surface area contributed by atoms with Crippen molar-refractivity contribution in [1.29, 1.82) is 0 Å². The fraction of sp³-hybridized carbons (Fsp3) is 0.250. The van der Waals surface area contributed by atoms with Gasteiger partial charge in [-0.1, -0.05) is 18.2 Å². The number of piperazine rings is 1. The second-order valence-electron chi connectivity index (χ2n) is 7.65. The maximum Gasteiger partial charge on any atom is 0.573 e. The number of para-hydroxylation sites is 1. The van der Waals surface area contributed by atoms with Crippen LogP contribution in [-0.2, 0) is 0 Å². The van der Waals surface area contributed by atoms with Gasteiger partial charge in [0, 0.05) is 42.7 Å². The number of fused-ring (bicyclic) bond motifs is 1. The third kappa shape index (κ3) is 5.26. The first-order valence-corrected chi connectivity index (χ1v) is 10.2. The van der Waals surface area contributed by atoms with Crippen LogP contribution in [0.1, 0.15) is 15.9 Å². The number of benzene rings is 2. The van der Waals surface area contributed by atoms with E-state index in [9.17, 15) is 18.0 Å². The van der Waals surface area contributed by atoms with Crippen LogP contribution < -0.4 is 9.64 Å². The van der Waals surface area contributed by atoms with Gasteiger partial charge in [0.15, 0.2) is 5.78 Å². The Hall–Kier alpha value is -3.39. The lowest BCUT2D eigenvalue weighted by molar-refractivity contribution is -0.274. The predicted octanol–water partition coefficient (Wildman–Crippen LogP) is 4.78. The SMILES string of the molecule is CN1CCN(c2nc3ccccc3cc2/C=C/C(=O)c2ccc(OC(F)(F)F)cc2)CC1. The third-order valence-electron chi connectivity index (χ3n) is 5.32. The smallest absolute Gasteiger partial charge is 0.406 e. The minimum Gasteiger partial charge on any atom is -0.406 e. The zero-order chi connectivity index (χ0) is 22.7. The van der Waals surface area contributed by atoms with E-state index in [4.69, 9.17) is 4.98 Å². The fourth-order valence-electron chi connectivity index (χ4n) is 3.60. The number of allylic oxidation sites excluding steroid dienone is 1. The van der Waals surface area contributed by atoms with Gasteiger partial charge in [-0.25, -0.2) is 4.98 Å². The molecule has 0 unspecified atom stereocenters. The lowest BCUT2D eigenvalue weighted by atomic mass is 10.1. The van der Waals surface area contributed by atoms with Crippen molar-refractivity contribution in [2.24, 2.45) is 0 Å². The molecule has 1 aliphatic heterocycles. The van der Waals surface area contributed by atoms with E-state index in [1.807, 2.05) is 30.3 Å². The summed E-state index contributed by atoms with van der Waals surface area (Å²) in [5, 5.41) is 0.964. The molecule has 1 saturated heterocycles. The molecule has 5 nitrogen and oxygen atoms in total. The van der Waals surface area contributed by atoms with Crippen molar-refractivity contribution in [3.63, 3.8) is 0 Å². The van der Waals surface area contributed by atoms with Gasteiger partial charge in [0.1, 0.15) is 11.6 Å². The third-order valence-corrected chi connectivity index (χ3v) is 5.32. The first kappa shape index (κ1) is 21.8. The number of alkyl halides is 3. The molecule has 0 N–H and O–H groups in total. The van der Waals surface area contributed by atoms with Crippen molar-refractivity contribution in [3.8, 4) is 5.75 Å². The molecule has 0 atom stereocenters. The summed E-state index contributed by atoms with van der Waals surface area (Å²) in [5.74, 6) is 0.130. The first-order valence-electron chi connectivity index (χ1n) is 10.2. The summed E-state index contributed by atoms with van der Waals surface area (Å²) in [6.45, 7) is 3.50. The number of likely N-dealkylation sites (N-methyl/N-ethyl adjacent to an activating group) is 1. The van der Waals surface area contributed by atoms with Crippen LogP contribution in [0.2, 0.25) is 0 Å². The van der Waals surface area contributed by atoms with E-state index in [1.54, 1.807) is 6.08 Å². The number of aromatic nitrogens is 1. The largest absolute Gasteiger partial charge is 0.573 e. The van der Waals surface area contributed by atoms with Gasteiger partial charge < -0.3 is 14.5 Å². The van der Waals surface area contributed by atoms with Crippen LogP contribution in [0.25, 0.3) is 17.0 Å². The molecule has 0 spiro atoms. The maximum atomic E-state index is 12.6. The topological polar surface area (TPSA) is 45.7 Å². The Labute approximate surface area is 183 Å². The van der Waals surface area contributed by atoms with Gasteiger partial charge in [-0.15, -0.1) is 13.2 Å². The van der Waals surface area contributed by atoms with Crippen LogP contribution in [0.4, 0.5) is 19.0 Å². The highest BCUT2D eigenvalue weighted by Crippen LogP contribution is 2.27. The summed E-state index contributed by atoms with van der Waals surface area (Å²) in [5.41, 5.74) is 1.97. The molecule has 1 fully saturated rings. The molecule has 0 amide bonds. The summed E-state index contributed by atoms with van der Waals surface area (Å²) in [6, 6.07) is 14.7. The molecular formula is C24H22F3N3O2. The molecule has 8 heteroatoms. The minimum absolute atomic E-state index is 0.269. The molecular weight excluding hydrogens is 419 g/mol. The van der Waals surface area contributed by atoms with Gasteiger partial charge in [-0.05, 0) is 55.6 Å². The minimum atomic E-state index is -4.77. The highest BCUT2D eigenvalue weighted by atomic mass is 19.4. The van der Waals surface area contributed by atoms with Gasteiger partial charge in [-0.2, -0.15) is 0 Å². The Balaban J connectivity index is 1.59. The molecule has 1 aliphatic rings. The van der Waals surface area contributed by atoms with Crippen LogP contribution in [0.15, 0.2) is 60.7 Å². The lowest BCUT2D eigenvalue weighted by Gasteiger charge is -2.34. The first-order chi connectivity index (χ1) is 15.3. The Morgan fingerprint density at radius 2 is 1.72 bits per heavy atom. The number of hydrogen-bond donors (Lipinski definition) is 0. The van der Waals surface area contributed by atoms with Crippen molar-refractivity contribution in [3.05, 3.63) is 71.8 Å². The Morgan fingerprint density at radius 3 is 2.41 bits per heavy atom. The molecule has 0 bridgehead atoms. The molecule has 4 rings (SSSR count). The number of halogens is 3. The van der Waals surface area contributed by atoms with Crippen molar-refractivity contribution in [2.75, 3.05) is 38.1 Å². The average molecular weight is 441 g/mol. The Kier molecular flexibility index (Phi) is 6.14. The standard InChI is InChI=1S/C24H22F3N3O2/c1-29-12-14-30(15-13-29)23-19(16-18-4-2-3-5-21(18)28-23)8-11-22(31)17-6-9-20(10-7-17)32-24(25,26)27/h2-11,16H,12-15H2,1H3/b11-8+. The van der Waals surface area contributed by atoms with Crippen LogP contribution in [0.3, 0.4) is 0 Å². The van der Waals surface area contributed by atoms with E-state index < -0.39 is 6.36 Å². The van der Waals surface area contributed by atoms with E-state index in [2.05, 4.69) is 21.6 Å². The molecule has 3 aromatic rings. The number of pyridine rings is 1. The van der Waals surface area contributed by atoms with E-state index >= 15 is 0 Å². The summed E-state index contributed by atoms with van der Waals surface area (Å²) < 4.78 is 40.8. The number of ketones is 1.